The first kappa shape index (κ1) is 31.3. The van der Waals surface area contributed by atoms with Gasteiger partial charge in [0.2, 0.25) is 0 Å². The predicted octanol–water partition coefficient (Wildman–Crippen LogP) is 15.4. The summed E-state index contributed by atoms with van der Waals surface area (Å²) >= 11 is 0. The molecule has 0 fully saturated rings. The van der Waals surface area contributed by atoms with Crippen molar-refractivity contribution in [1.29, 1.82) is 0 Å². The Labute approximate surface area is 320 Å². The first-order chi connectivity index (χ1) is 27.3. The van der Waals surface area contributed by atoms with E-state index in [1.54, 1.807) is 0 Å². The largest absolute Gasteiger partial charge is 0.310 e. The molecule has 0 N–H and O–H groups in total. The van der Waals surface area contributed by atoms with E-state index in [4.69, 9.17) is 0 Å². The van der Waals surface area contributed by atoms with E-state index in [1.807, 2.05) is 0 Å². The topological polar surface area (TPSA) is 3.24 Å². The van der Waals surface area contributed by atoms with Crippen LogP contribution in [0.4, 0.5) is 17.1 Å². The molecule has 0 saturated carbocycles. The lowest BCUT2D eigenvalue weighted by molar-refractivity contribution is 1.31. The highest BCUT2D eigenvalue weighted by molar-refractivity contribution is 6.23. The zero-order valence-electron chi connectivity index (χ0n) is 30.2. The zero-order chi connectivity index (χ0) is 36.3. The molecule has 11 aromatic rings. The third-order valence-corrected chi connectivity index (χ3v) is 11.4. The third kappa shape index (κ3) is 5.09. The Morgan fingerprint density at radius 1 is 0.236 bits per heavy atom. The van der Waals surface area contributed by atoms with E-state index in [2.05, 4.69) is 217 Å². The van der Waals surface area contributed by atoms with Crippen molar-refractivity contribution in [3.05, 3.63) is 212 Å². The summed E-state index contributed by atoms with van der Waals surface area (Å²) in [6.07, 6.45) is 0. The molecule has 1 heteroatoms. The van der Waals surface area contributed by atoms with E-state index in [0.717, 1.165) is 17.1 Å². The molecule has 0 atom stereocenters. The Kier molecular flexibility index (Phi) is 7.25. The molecule has 55 heavy (non-hydrogen) atoms. The lowest BCUT2D eigenvalue weighted by atomic mass is 9.85. The smallest absolute Gasteiger partial charge is 0.0546 e. The third-order valence-electron chi connectivity index (χ3n) is 11.4. The summed E-state index contributed by atoms with van der Waals surface area (Å²) in [6, 6.07) is 78.0. The van der Waals surface area contributed by atoms with Crippen molar-refractivity contribution in [3.8, 4) is 22.3 Å². The molecule has 0 heterocycles. The van der Waals surface area contributed by atoms with Crippen molar-refractivity contribution in [3.63, 3.8) is 0 Å². The van der Waals surface area contributed by atoms with Gasteiger partial charge in [-0.2, -0.15) is 0 Å². The summed E-state index contributed by atoms with van der Waals surface area (Å²) in [7, 11) is 0. The van der Waals surface area contributed by atoms with Gasteiger partial charge in [-0.1, -0.05) is 182 Å². The molecule has 256 valence electrons. The Balaban J connectivity index is 1.26. The predicted molar refractivity (Wildman–Crippen MR) is 237 cm³/mol. The van der Waals surface area contributed by atoms with Crippen LogP contribution in [0.1, 0.15) is 0 Å². The maximum absolute atomic E-state index is 2.48. The van der Waals surface area contributed by atoms with Crippen molar-refractivity contribution < 1.29 is 0 Å². The highest BCUT2D eigenvalue weighted by atomic mass is 15.1. The second-order valence-corrected chi connectivity index (χ2v) is 14.4. The first-order valence-electron chi connectivity index (χ1n) is 19.0. The van der Waals surface area contributed by atoms with Crippen molar-refractivity contribution in [2.75, 3.05) is 4.90 Å². The van der Waals surface area contributed by atoms with Crippen LogP contribution in [0.2, 0.25) is 0 Å². The maximum Gasteiger partial charge on any atom is 0.0546 e. The fourth-order valence-electron chi connectivity index (χ4n) is 8.91. The minimum Gasteiger partial charge on any atom is -0.310 e. The SMILES string of the molecule is c1ccc(-c2c(-c3ccccc3)c3cc(N(c4ccc5c(ccc6ccccc65)c4)c4cc5ccccc5c5ccccc45)ccc3c3ccccc23)cc1. The average Bonchev–Trinajstić information content (AvgIpc) is 3.26. The van der Waals surface area contributed by atoms with Crippen LogP contribution < -0.4 is 4.90 Å². The van der Waals surface area contributed by atoms with Crippen LogP contribution in [-0.2, 0) is 0 Å². The lowest BCUT2D eigenvalue weighted by Crippen LogP contribution is -2.11. The van der Waals surface area contributed by atoms with Crippen molar-refractivity contribution >= 4 is 81.7 Å². The minimum atomic E-state index is 1.11. The maximum atomic E-state index is 2.48. The van der Waals surface area contributed by atoms with Gasteiger partial charge in [0.15, 0.2) is 0 Å². The highest BCUT2D eigenvalue weighted by Gasteiger charge is 2.22. The van der Waals surface area contributed by atoms with Gasteiger partial charge in [0, 0.05) is 16.8 Å². The summed E-state index contributed by atoms with van der Waals surface area (Å²) in [5.41, 5.74) is 8.30. The van der Waals surface area contributed by atoms with E-state index < -0.39 is 0 Å². The van der Waals surface area contributed by atoms with Gasteiger partial charge in [0.25, 0.3) is 0 Å². The molecule has 0 radical (unpaired) electrons. The van der Waals surface area contributed by atoms with Crippen molar-refractivity contribution in [2.45, 2.75) is 0 Å². The van der Waals surface area contributed by atoms with Gasteiger partial charge < -0.3 is 4.90 Å². The van der Waals surface area contributed by atoms with Crippen LogP contribution in [0.5, 0.6) is 0 Å². The molecule has 0 saturated heterocycles. The van der Waals surface area contributed by atoms with Crippen LogP contribution in [0, 0.1) is 0 Å². The molecule has 0 aliphatic rings. The Morgan fingerprint density at radius 3 is 1.35 bits per heavy atom. The number of rotatable bonds is 5. The normalized spacial score (nSPS) is 11.6. The van der Waals surface area contributed by atoms with E-state index in [9.17, 15) is 0 Å². The van der Waals surface area contributed by atoms with E-state index in [0.29, 0.717) is 0 Å². The van der Waals surface area contributed by atoms with Crippen LogP contribution >= 0.6 is 0 Å². The standard InChI is InChI=1S/C54H35N/c1-3-16-37(17-4-1)53-50-26-14-12-24-47(50)48-32-30-42(35-51(48)54(53)38-18-5-2-6-19-38)55(41-29-31-45-40(33-41)28-27-36-15-7-9-21-43(36)45)52-34-39-20-8-10-22-44(39)46-23-11-13-25-49(46)52/h1-35H. The lowest BCUT2D eigenvalue weighted by Gasteiger charge is -2.29. The molecular weight excluding hydrogens is 663 g/mol. The number of nitrogens with zero attached hydrogens (tertiary/aromatic N) is 1. The second-order valence-electron chi connectivity index (χ2n) is 14.4. The molecular formula is C54H35N. The molecule has 11 aromatic carbocycles. The van der Waals surface area contributed by atoms with Crippen LogP contribution in [0.3, 0.4) is 0 Å². The summed E-state index contributed by atoms with van der Waals surface area (Å²) in [6.45, 7) is 0. The minimum absolute atomic E-state index is 1.11. The van der Waals surface area contributed by atoms with Crippen LogP contribution in [-0.4, -0.2) is 0 Å². The Morgan fingerprint density at radius 2 is 0.655 bits per heavy atom. The van der Waals surface area contributed by atoms with E-state index in [1.165, 1.54) is 86.9 Å². The van der Waals surface area contributed by atoms with Gasteiger partial charge in [-0.25, -0.2) is 0 Å². The number of hydrogen-bond donors (Lipinski definition) is 0. The summed E-state index contributed by atoms with van der Waals surface area (Å²) in [5.74, 6) is 0. The van der Waals surface area contributed by atoms with Gasteiger partial charge in [-0.15, -0.1) is 0 Å². The van der Waals surface area contributed by atoms with Crippen LogP contribution in [0.25, 0.3) is 86.9 Å². The zero-order valence-corrected chi connectivity index (χ0v) is 30.2. The Hall–Kier alpha value is -7.22. The summed E-state index contributed by atoms with van der Waals surface area (Å²) in [4.78, 5) is 2.48. The number of benzene rings is 11. The van der Waals surface area contributed by atoms with Gasteiger partial charge >= 0.3 is 0 Å². The first-order valence-corrected chi connectivity index (χ1v) is 19.0. The quantitative estimate of drug-likeness (QED) is 0.162. The van der Waals surface area contributed by atoms with E-state index in [-0.39, 0.29) is 0 Å². The molecule has 0 unspecified atom stereocenters. The van der Waals surface area contributed by atoms with Gasteiger partial charge in [-0.3, -0.25) is 0 Å². The van der Waals surface area contributed by atoms with Gasteiger partial charge in [0.1, 0.15) is 0 Å². The van der Waals surface area contributed by atoms with Crippen LogP contribution in [0.15, 0.2) is 212 Å². The molecule has 0 aromatic heterocycles. The molecule has 1 nitrogen and oxygen atoms in total. The molecule has 0 amide bonds. The fourth-order valence-corrected chi connectivity index (χ4v) is 8.91. The second kappa shape index (κ2) is 12.7. The fraction of sp³-hybridized carbons (Fsp3) is 0. The number of fused-ring (bicyclic) bond motifs is 9. The monoisotopic (exact) mass is 697 g/mol. The molecule has 0 aliphatic heterocycles. The highest BCUT2D eigenvalue weighted by Crippen LogP contribution is 2.48. The number of hydrogen-bond acceptors (Lipinski definition) is 1. The molecule has 0 bridgehead atoms. The average molecular weight is 698 g/mol. The van der Waals surface area contributed by atoms with E-state index >= 15 is 0 Å². The van der Waals surface area contributed by atoms with Gasteiger partial charge in [-0.05, 0) is 112 Å². The number of anilines is 3. The van der Waals surface area contributed by atoms with Crippen molar-refractivity contribution in [2.24, 2.45) is 0 Å². The van der Waals surface area contributed by atoms with Crippen molar-refractivity contribution in [1.82, 2.24) is 0 Å². The molecule has 0 spiro atoms. The molecule has 0 aliphatic carbocycles. The summed E-state index contributed by atoms with van der Waals surface area (Å²) in [5, 5.41) is 14.9. The summed E-state index contributed by atoms with van der Waals surface area (Å²) < 4.78 is 0. The molecule has 11 rings (SSSR count). The Bertz CT molecular complexity index is 3250. The van der Waals surface area contributed by atoms with Gasteiger partial charge in [0.05, 0.1) is 5.69 Å².